The van der Waals surface area contributed by atoms with E-state index in [9.17, 15) is 4.79 Å². The smallest absolute Gasteiger partial charge is 0.267 e. The van der Waals surface area contributed by atoms with Gasteiger partial charge in [0.1, 0.15) is 17.5 Å². The number of nitrogens with zero attached hydrogens (tertiary/aromatic N) is 2. The number of aromatic amines is 1. The molecule has 2 N–H and O–H groups in total. The molecule has 1 amide bonds. The molecule has 2 aliphatic heterocycles. The number of nitrogens with one attached hydrogen (secondary N) is 2. The van der Waals surface area contributed by atoms with E-state index in [0.29, 0.717) is 24.3 Å². The van der Waals surface area contributed by atoms with E-state index in [1.165, 1.54) is 19.3 Å². The maximum absolute atomic E-state index is 12.6. The average Bonchev–Trinajstić information content (AvgIpc) is 3.36. The van der Waals surface area contributed by atoms with Crippen molar-refractivity contribution >= 4 is 16.8 Å². The standard InChI is InChI=1S/C24H36N4O2/c1-17(2)28-12-9-21(16-28)30-20-7-8-22-19(14-20)15-23(26-22)24(29)25-10-13-27-11-5-4-6-18(27)3/h7-8,14-15,17-18,21,26H,4-6,9-13,16H2,1-3H3,(H,25,29). The van der Waals surface area contributed by atoms with Crippen molar-refractivity contribution in [3.05, 3.63) is 30.0 Å². The molecule has 3 heterocycles. The normalized spacial score (nSPS) is 23.3. The Kier molecular flexibility index (Phi) is 6.64. The van der Waals surface area contributed by atoms with Crippen molar-refractivity contribution in [2.75, 3.05) is 32.7 Å². The molecule has 164 valence electrons. The topological polar surface area (TPSA) is 60.6 Å². The molecule has 6 heteroatoms. The van der Waals surface area contributed by atoms with Crippen molar-refractivity contribution in [1.82, 2.24) is 20.1 Å². The zero-order valence-corrected chi connectivity index (χ0v) is 18.6. The molecule has 0 saturated carbocycles. The van der Waals surface area contributed by atoms with Gasteiger partial charge in [0.25, 0.3) is 5.91 Å². The zero-order valence-electron chi connectivity index (χ0n) is 18.6. The van der Waals surface area contributed by atoms with E-state index in [4.69, 9.17) is 4.74 Å². The maximum Gasteiger partial charge on any atom is 0.267 e. The average molecular weight is 413 g/mol. The second-order valence-corrected chi connectivity index (χ2v) is 9.19. The number of H-pyrrole nitrogens is 1. The minimum Gasteiger partial charge on any atom is -0.489 e. The van der Waals surface area contributed by atoms with Crippen LogP contribution in [-0.2, 0) is 0 Å². The predicted octanol–water partition coefficient (Wildman–Crippen LogP) is 3.63. The first-order valence-electron chi connectivity index (χ1n) is 11.6. The number of aromatic nitrogens is 1. The van der Waals surface area contributed by atoms with Crippen molar-refractivity contribution in [3.63, 3.8) is 0 Å². The Morgan fingerprint density at radius 2 is 2.10 bits per heavy atom. The van der Waals surface area contributed by atoms with Crippen LogP contribution in [0.3, 0.4) is 0 Å². The van der Waals surface area contributed by atoms with Gasteiger partial charge in [-0.25, -0.2) is 0 Å². The van der Waals surface area contributed by atoms with Crippen LogP contribution in [0, 0.1) is 0 Å². The lowest BCUT2D eigenvalue weighted by Crippen LogP contribution is -2.42. The molecular weight excluding hydrogens is 376 g/mol. The van der Waals surface area contributed by atoms with Crippen LogP contribution >= 0.6 is 0 Å². The molecule has 2 atom stereocenters. The van der Waals surface area contributed by atoms with Gasteiger partial charge in [-0.15, -0.1) is 0 Å². The second-order valence-electron chi connectivity index (χ2n) is 9.19. The summed E-state index contributed by atoms with van der Waals surface area (Å²) in [5, 5.41) is 4.08. The molecule has 2 unspecified atom stereocenters. The van der Waals surface area contributed by atoms with E-state index >= 15 is 0 Å². The zero-order chi connectivity index (χ0) is 21.1. The van der Waals surface area contributed by atoms with Crippen LogP contribution in [0.2, 0.25) is 0 Å². The fourth-order valence-corrected chi connectivity index (χ4v) is 4.72. The third-order valence-electron chi connectivity index (χ3n) is 6.67. The number of carbonyl (C=O) groups is 1. The van der Waals surface area contributed by atoms with Gasteiger partial charge in [-0.1, -0.05) is 6.42 Å². The summed E-state index contributed by atoms with van der Waals surface area (Å²) in [5.41, 5.74) is 1.58. The molecule has 1 aromatic heterocycles. The van der Waals surface area contributed by atoms with Gasteiger partial charge in [0, 0.05) is 49.2 Å². The van der Waals surface area contributed by atoms with Gasteiger partial charge in [-0.05, 0) is 70.8 Å². The summed E-state index contributed by atoms with van der Waals surface area (Å²) in [6, 6.07) is 9.15. The fourth-order valence-electron chi connectivity index (χ4n) is 4.72. The summed E-state index contributed by atoms with van der Waals surface area (Å²) in [4.78, 5) is 20.8. The van der Waals surface area contributed by atoms with Gasteiger partial charge < -0.3 is 15.0 Å². The van der Waals surface area contributed by atoms with Crippen molar-refractivity contribution in [2.45, 2.75) is 64.6 Å². The number of hydrogen-bond acceptors (Lipinski definition) is 4. The van der Waals surface area contributed by atoms with Crippen LogP contribution in [-0.4, -0.2) is 71.6 Å². The van der Waals surface area contributed by atoms with Crippen LogP contribution < -0.4 is 10.1 Å². The van der Waals surface area contributed by atoms with E-state index in [1.54, 1.807) is 0 Å². The van der Waals surface area contributed by atoms with Gasteiger partial charge in [-0.2, -0.15) is 0 Å². The van der Waals surface area contributed by atoms with Crippen LogP contribution in [0.1, 0.15) is 56.9 Å². The van der Waals surface area contributed by atoms with Gasteiger partial charge in [0.15, 0.2) is 0 Å². The number of likely N-dealkylation sites (tertiary alicyclic amines) is 2. The SMILES string of the molecule is CC(C)N1CCC(Oc2ccc3[nH]c(C(=O)NCCN4CCCCC4C)cc3c2)C1. The van der Waals surface area contributed by atoms with E-state index in [2.05, 4.69) is 40.9 Å². The summed E-state index contributed by atoms with van der Waals surface area (Å²) >= 11 is 0. The number of amides is 1. The number of piperidine rings is 1. The van der Waals surface area contributed by atoms with Crippen LogP contribution in [0.5, 0.6) is 5.75 Å². The molecule has 2 fully saturated rings. The molecule has 0 bridgehead atoms. The van der Waals surface area contributed by atoms with Gasteiger partial charge >= 0.3 is 0 Å². The largest absolute Gasteiger partial charge is 0.489 e. The van der Waals surface area contributed by atoms with E-state index in [-0.39, 0.29) is 12.0 Å². The Morgan fingerprint density at radius 1 is 1.23 bits per heavy atom. The molecule has 30 heavy (non-hydrogen) atoms. The second kappa shape index (κ2) is 9.40. The van der Waals surface area contributed by atoms with Crippen molar-refractivity contribution in [1.29, 1.82) is 0 Å². The molecule has 0 aliphatic carbocycles. The third-order valence-corrected chi connectivity index (χ3v) is 6.67. The van der Waals surface area contributed by atoms with Crippen molar-refractivity contribution in [2.24, 2.45) is 0 Å². The summed E-state index contributed by atoms with van der Waals surface area (Å²) < 4.78 is 6.21. The Bertz CT molecular complexity index is 862. The Labute approximate surface area is 179 Å². The molecule has 2 aromatic rings. The highest BCUT2D eigenvalue weighted by Gasteiger charge is 2.25. The van der Waals surface area contributed by atoms with Gasteiger partial charge in [-0.3, -0.25) is 14.6 Å². The summed E-state index contributed by atoms with van der Waals surface area (Å²) in [5.74, 6) is 0.838. The molecule has 2 saturated heterocycles. The first-order chi connectivity index (χ1) is 14.5. The summed E-state index contributed by atoms with van der Waals surface area (Å²) in [7, 11) is 0. The highest BCUT2D eigenvalue weighted by molar-refractivity contribution is 5.98. The Hall–Kier alpha value is -2.05. The summed E-state index contributed by atoms with van der Waals surface area (Å²) in [6.07, 6.45) is 5.15. The maximum atomic E-state index is 12.6. The molecule has 1 aromatic carbocycles. The first-order valence-corrected chi connectivity index (χ1v) is 11.6. The number of benzene rings is 1. The first kappa shape index (κ1) is 21.2. The molecule has 6 nitrogen and oxygen atoms in total. The van der Waals surface area contributed by atoms with E-state index < -0.39 is 0 Å². The van der Waals surface area contributed by atoms with Gasteiger partial charge in [0.2, 0.25) is 0 Å². The Morgan fingerprint density at radius 3 is 2.87 bits per heavy atom. The van der Waals surface area contributed by atoms with E-state index in [0.717, 1.165) is 49.3 Å². The summed E-state index contributed by atoms with van der Waals surface area (Å²) in [6.45, 7) is 11.6. The highest BCUT2D eigenvalue weighted by atomic mass is 16.5. The number of fused-ring (bicyclic) bond motifs is 1. The molecule has 0 spiro atoms. The monoisotopic (exact) mass is 412 g/mol. The van der Waals surface area contributed by atoms with Crippen LogP contribution in [0.25, 0.3) is 10.9 Å². The lowest BCUT2D eigenvalue weighted by molar-refractivity contribution is 0.0934. The number of hydrogen-bond donors (Lipinski definition) is 2. The molecule has 4 rings (SSSR count). The molecular formula is C24H36N4O2. The van der Waals surface area contributed by atoms with Gasteiger partial charge in [0.05, 0.1) is 0 Å². The fraction of sp³-hybridized carbons (Fsp3) is 0.625. The third kappa shape index (κ3) is 4.98. The van der Waals surface area contributed by atoms with E-state index in [1.807, 2.05) is 24.3 Å². The highest BCUT2D eigenvalue weighted by Crippen LogP contribution is 2.25. The number of carbonyl (C=O) groups excluding carboxylic acids is 1. The van der Waals surface area contributed by atoms with Crippen molar-refractivity contribution < 1.29 is 9.53 Å². The lowest BCUT2D eigenvalue weighted by atomic mass is 10.0. The van der Waals surface area contributed by atoms with Crippen LogP contribution in [0.4, 0.5) is 0 Å². The molecule has 0 radical (unpaired) electrons. The Balaban J connectivity index is 1.32. The molecule has 2 aliphatic rings. The quantitative estimate of drug-likeness (QED) is 0.729. The lowest BCUT2D eigenvalue weighted by Gasteiger charge is -2.33. The predicted molar refractivity (Wildman–Crippen MR) is 121 cm³/mol. The van der Waals surface area contributed by atoms with Crippen LogP contribution in [0.15, 0.2) is 24.3 Å². The minimum atomic E-state index is -0.0401. The number of rotatable bonds is 7. The minimum absolute atomic E-state index is 0.0401. The number of ether oxygens (including phenoxy) is 1. The van der Waals surface area contributed by atoms with Crippen molar-refractivity contribution in [3.8, 4) is 5.75 Å².